The summed E-state index contributed by atoms with van der Waals surface area (Å²) in [6.45, 7) is 0.463. The highest BCUT2D eigenvalue weighted by molar-refractivity contribution is 7.80. The van der Waals surface area contributed by atoms with Crippen molar-refractivity contribution in [2.45, 2.75) is 12.7 Å². The van der Waals surface area contributed by atoms with Crippen molar-refractivity contribution in [3.05, 3.63) is 45.9 Å². The second-order valence-corrected chi connectivity index (χ2v) is 5.59. The lowest BCUT2D eigenvalue weighted by molar-refractivity contribution is -0.137. The lowest BCUT2D eigenvalue weighted by Gasteiger charge is -2.22. The Morgan fingerprint density at radius 1 is 1.43 bits per heavy atom. The van der Waals surface area contributed by atoms with Gasteiger partial charge in [0.05, 0.1) is 23.3 Å². The molecule has 1 aromatic heterocycles. The van der Waals surface area contributed by atoms with E-state index in [9.17, 15) is 13.2 Å². The van der Waals surface area contributed by atoms with Gasteiger partial charge in [-0.2, -0.15) is 13.2 Å². The van der Waals surface area contributed by atoms with Crippen LogP contribution in [0.4, 0.5) is 18.9 Å². The van der Waals surface area contributed by atoms with Crippen LogP contribution in [-0.4, -0.2) is 17.0 Å². The Morgan fingerprint density at radius 3 is 2.67 bits per heavy atom. The fourth-order valence-corrected chi connectivity index (χ4v) is 2.60. The Balaban J connectivity index is 2.36. The van der Waals surface area contributed by atoms with Crippen LogP contribution in [0.3, 0.4) is 0 Å². The smallest absolute Gasteiger partial charge is 0.389 e. The maximum absolute atomic E-state index is 12.8. The van der Waals surface area contributed by atoms with Gasteiger partial charge >= 0.3 is 6.18 Å². The lowest BCUT2D eigenvalue weighted by Crippen LogP contribution is -2.22. The van der Waals surface area contributed by atoms with Crippen molar-refractivity contribution in [1.29, 1.82) is 0 Å². The van der Waals surface area contributed by atoms with Gasteiger partial charge in [0.15, 0.2) is 0 Å². The Morgan fingerprint density at radius 2 is 2.14 bits per heavy atom. The van der Waals surface area contributed by atoms with Gasteiger partial charge in [0.1, 0.15) is 4.99 Å². The molecule has 21 heavy (non-hydrogen) atoms. The second kappa shape index (κ2) is 5.98. The summed E-state index contributed by atoms with van der Waals surface area (Å²) in [5.74, 6) is 0. The van der Waals surface area contributed by atoms with Gasteiger partial charge in [-0.1, -0.05) is 12.2 Å². The fourth-order valence-electron chi connectivity index (χ4n) is 1.89. The summed E-state index contributed by atoms with van der Waals surface area (Å²) in [6.07, 6.45) is -4.43. The van der Waals surface area contributed by atoms with E-state index >= 15 is 0 Å². The number of aromatic nitrogens is 1. The summed E-state index contributed by atoms with van der Waals surface area (Å²) in [5, 5.41) is 1.88. The first kappa shape index (κ1) is 15.7. The molecule has 2 rings (SSSR count). The maximum atomic E-state index is 12.8. The van der Waals surface area contributed by atoms with Crippen LogP contribution in [0.5, 0.6) is 0 Å². The van der Waals surface area contributed by atoms with E-state index in [2.05, 4.69) is 4.98 Å². The molecule has 0 saturated carbocycles. The quantitative estimate of drug-likeness (QED) is 0.872. The van der Waals surface area contributed by atoms with Crippen LogP contribution in [0, 0.1) is 0 Å². The van der Waals surface area contributed by atoms with E-state index in [0.29, 0.717) is 12.2 Å². The Labute approximate surface area is 129 Å². The Bertz CT molecular complexity index is 639. The zero-order valence-corrected chi connectivity index (χ0v) is 12.6. The van der Waals surface area contributed by atoms with Crippen LogP contribution >= 0.6 is 23.6 Å². The number of nitrogens with two attached hydrogens (primary N) is 1. The van der Waals surface area contributed by atoms with Crippen molar-refractivity contribution in [1.82, 2.24) is 4.98 Å². The Hall–Kier alpha value is -1.67. The predicted octanol–water partition coefficient (Wildman–Crippen LogP) is 3.43. The van der Waals surface area contributed by atoms with Gasteiger partial charge < -0.3 is 10.6 Å². The number of hydrogen-bond donors (Lipinski definition) is 1. The third-order valence-corrected chi connectivity index (χ3v) is 3.74. The van der Waals surface area contributed by atoms with Crippen LogP contribution < -0.4 is 10.6 Å². The summed E-state index contributed by atoms with van der Waals surface area (Å²) in [6, 6.07) is 3.38. The molecule has 0 aliphatic rings. The van der Waals surface area contributed by atoms with E-state index in [1.165, 1.54) is 17.4 Å². The standard InChI is InChI=1S/C13H12F3N3S2/c1-19(5-9-6-21-7-18-9)11-3-2-8(13(14,15)16)4-10(11)12(17)20/h2-4,6-7H,5H2,1H3,(H2,17,20). The van der Waals surface area contributed by atoms with Crippen molar-refractivity contribution in [3.63, 3.8) is 0 Å². The average Bonchev–Trinajstić information content (AvgIpc) is 2.89. The highest BCUT2D eigenvalue weighted by Crippen LogP contribution is 2.33. The number of benzene rings is 1. The molecule has 0 aliphatic heterocycles. The van der Waals surface area contributed by atoms with Gasteiger partial charge in [-0.05, 0) is 18.2 Å². The highest BCUT2D eigenvalue weighted by Gasteiger charge is 2.31. The summed E-state index contributed by atoms with van der Waals surface area (Å²) in [7, 11) is 1.75. The summed E-state index contributed by atoms with van der Waals surface area (Å²) in [4.78, 5) is 5.85. The van der Waals surface area contributed by atoms with Crippen LogP contribution in [0.25, 0.3) is 0 Å². The number of thiazole rings is 1. The number of hydrogen-bond acceptors (Lipinski definition) is 4. The van der Waals surface area contributed by atoms with Crippen molar-refractivity contribution in [2.75, 3.05) is 11.9 Å². The van der Waals surface area contributed by atoms with Crippen LogP contribution in [0.15, 0.2) is 29.1 Å². The zero-order chi connectivity index (χ0) is 15.6. The molecule has 2 N–H and O–H groups in total. The number of anilines is 1. The number of thiocarbonyl (C=S) groups is 1. The molecule has 0 fully saturated rings. The number of halogens is 3. The normalized spacial score (nSPS) is 11.4. The highest BCUT2D eigenvalue weighted by atomic mass is 32.1. The van der Waals surface area contributed by atoms with E-state index in [1.54, 1.807) is 17.5 Å². The summed E-state index contributed by atoms with van der Waals surface area (Å²) >= 11 is 6.33. The van der Waals surface area contributed by atoms with Gasteiger partial charge in [0.25, 0.3) is 0 Å². The van der Waals surface area contributed by atoms with Crippen molar-refractivity contribution < 1.29 is 13.2 Å². The largest absolute Gasteiger partial charge is 0.416 e. The van der Waals surface area contributed by atoms with E-state index in [0.717, 1.165) is 17.8 Å². The number of nitrogens with zero attached hydrogens (tertiary/aromatic N) is 2. The van der Waals surface area contributed by atoms with Gasteiger partial charge in [0.2, 0.25) is 0 Å². The Kier molecular flexibility index (Phi) is 4.48. The lowest BCUT2D eigenvalue weighted by atomic mass is 10.1. The molecule has 112 valence electrons. The molecule has 0 aliphatic carbocycles. The van der Waals surface area contributed by atoms with E-state index in [1.807, 2.05) is 5.38 Å². The van der Waals surface area contributed by atoms with Crippen LogP contribution in [0.2, 0.25) is 0 Å². The van der Waals surface area contributed by atoms with Gasteiger partial charge in [-0.3, -0.25) is 0 Å². The first-order chi connectivity index (χ1) is 9.79. The molecule has 0 bridgehead atoms. The van der Waals surface area contributed by atoms with Gasteiger partial charge in [-0.15, -0.1) is 11.3 Å². The second-order valence-electron chi connectivity index (χ2n) is 4.43. The molecule has 2 aromatic rings. The molecular weight excluding hydrogens is 319 g/mol. The molecule has 1 aromatic carbocycles. The molecule has 8 heteroatoms. The summed E-state index contributed by atoms with van der Waals surface area (Å²) in [5.41, 5.74) is 8.07. The molecule has 1 heterocycles. The van der Waals surface area contributed by atoms with Crippen molar-refractivity contribution >= 4 is 34.2 Å². The molecular formula is C13H12F3N3S2. The monoisotopic (exact) mass is 331 g/mol. The minimum atomic E-state index is -4.43. The molecule has 0 radical (unpaired) electrons. The summed E-state index contributed by atoms with van der Waals surface area (Å²) < 4.78 is 38.3. The average molecular weight is 331 g/mol. The molecule has 0 saturated heterocycles. The topological polar surface area (TPSA) is 42.2 Å². The van der Waals surface area contributed by atoms with Crippen molar-refractivity contribution in [3.8, 4) is 0 Å². The van der Waals surface area contributed by atoms with Crippen LogP contribution in [-0.2, 0) is 12.7 Å². The third-order valence-electron chi connectivity index (χ3n) is 2.88. The molecule has 0 unspecified atom stereocenters. The molecule has 0 atom stereocenters. The van der Waals surface area contributed by atoms with Gasteiger partial charge in [0, 0.05) is 23.7 Å². The number of rotatable bonds is 4. The third kappa shape index (κ3) is 3.70. The first-order valence-corrected chi connectivity index (χ1v) is 7.23. The zero-order valence-electron chi connectivity index (χ0n) is 11.0. The predicted molar refractivity (Wildman–Crippen MR) is 81.6 cm³/mol. The molecule has 3 nitrogen and oxygen atoms in total. The molecule has 0 spiro atoms. The fraction of sp³-hybridized carbons (Fsp3) is 0.231. The van der Waals surface area contributed by atoms with E-state index < -0.39 is 11.7 Å². The van der Waals surface area contributed by atoms with E-state index in [-0.39, 0.29) is 10.6 Å². The SMILES string of the molecule is CN(Cc1cscn1)c1ccc(C(F)(F)F)cc1C(N)=S. The maximum Gasteiger partial charge on any atom is 0.416 e. The van der Waals surface area contributed by atoms with Gasteiger partial charge in [-0.25, -0.2) is 4.98 Å². The van der Waals surface area contributed by atoms with Crippen molar-refractivity contribution in [2.24, 2.45) is 5.73 Å². The van der Waals surface area contributed by atoms with Crippen LogP contribution in [0.1, 0.15) is 16.8 Å². The van der Waals surface area contributed by atoms with E-state index in [4.69, 9.17) is 18.0 Å². The first-order valence-electron chi connectivity index (χ1n) is 5.88. The minimum absolute atomic E-state index is 0.0683. The molecule has 0 amide bonds. The number of alkyl halides is 3. The minimum Gasteiger partial charge on any atom is -0.389 e.